The van der Waals surface area contributed by atoms with Crippen LogP contribution in [0, 0.1) is 12.8 Å². The van der Waals surface area contributed by atoms with E-state index in [0.717, 1.165) is 52.4 Å². The highest BCUT2D eigenvalue weighted by Gasteiger charge is 2.45. The minimum Gasteiger partial charge on any atom is -0.436 e. The zero-order valence-corrected chi connectivity index (χ0v) is 25.3. The smallest absolute Gasteiger partial charge is 0.226 e. The number of aryl methyl sites for hydroxylation is 1. The SMILES string of the molecule is Cc1ccccc1C1=CC=CC(Nc2nccc3c(CN4CCC(O)C4)ccnc23)(c2nc3cc(C=O)cc(Cl)c3o2)[C@H]1C. The van der Waals surface area contributed by atoms with E-state index in [-0.39, 0.29) is 12.0 Å². The lowest BCUT2D eigenvalue weighted by atomic mass is 9.73. The Morgan fingerprint density at radius 1 is 1.18 bits per heavy atom. The number of aliphatic hydroxyl groups excluding tert-OH is 1. The highest BCUT2D eigenvalue weighted by molar-refractivity contribution is 6.35. The van der Waals surface area contributed by atoms with Gasteiger partial charge in [0.05, 0.1) is 11.1 Å². The molecule has 2 aromatic carbocycles. The third-order valence-electron chi connectivity index (χ3n) is 8.91. The van der Waals surface area contributed by atoms with E-state index in [1.54, 1.807) is 18.3 Å². The molecule has 9 heteroatoms. The first-order valence-corrected chi connectivity index (χ1v) is 15.2. The van der Waals surface area contributed by atoms with E-state index in [0.29, 0.717) is 46.5 Å². The van der Waals surface area contributed by atoms with E-state index in [9.17, 15) is 9.90 Å². The number of aldehydes is 1. The molecule has 44 heavy (non-hydrogen) atoms. The van der Waals surface area contributed by atoms with Crippen LogP contribution in [-0.4, -0.2) is 50.4 Å². The molecule has 0 radical (unpaired) electrons. The topological polar surface area (TPSA) is 104 Å². The monoisotopic (exact) mass is 605 g/mol. The van der Waals surface area contributed by atoms with Gasteiger partial charge in [0.2, 0.25) is 5.89 Å². The van der Waals surface area contributed by atoms with Crippen molar-refractivity contribution in [3.05, 3.63) is 112 Å². The van der Waals surface area contributed by atoms with Gasteiger partial charge in [-0.15, -0.1) is 0 Å². The van der Waals surface area contributed by atoms with Crippen LogP contribution in [-0.2, 0) is 12.1 Å². The summed E-state index contributed by atoms with van der Waals surface area (Å²) < 4.78 is 6.45. The van der Waals surface area contributed by atoms with Crippen molar-refractivity contribution >= 4 is 51.3 Å². The molecular formula is C35H32ClN5O3. The number of carbonyl (C=O) groups is 1. The van der Waals surface area contributed by atoms with Gasteiger partial charge in [-0.2, -0.15) is 0 Å². The molecule has 4 heterocycles. The minimum absolute atomic E-state index is 0.169. The minimum atomic E-state index is -0.978. The zero-order chi connectivity index (χ0) is 30.4. The maximum Gasteiger partial charge on any atom is 0.226 e. The standard InChI is InChI=1S/C35H32ClN5O3/c1-21-6-3-4-7-26(21)27-8-5-12-35(22(27)2,34-39-30-17-23(20-42)16-29(36)32(30)44-34)40-33-31-28(10-14-38-33)24(9-13-37-31)18-41-15-11-25(43)19-41/h3-10,12-14,16-17,20,22,25,43H,11,15,18-19H2,1-2H3,(H,38,40)/t22-,25?,35?/m0/s1. The number of oxazole rings is 1. The number of aromatic nitrogens is 3. The molecule has 0 amide bonds. The Hall–Kier alpha value is -4.37. The number of β-amino-alcohol motifs (C(OH)–C–C–N with tert-alkyl or cyclic N) is 1. The lowest BCUT2D eigenvalue weighted by molar-refractivity contribution is 0.112. The Kier molecular flexibility index (Phi) is 7.28. The first-order chi connectivity index (χ1) is 21.4. The van der Waals surface area contributed by atoms with Gasteiger partial charge in [-0.25, -0.2) is 9.97 Å². The quantitative estimate of drug-likeness (QED) is 0.197. The number of anilines is 1. The lowest BCUT2D eigenvalue weighted by Crippen LogP contribution is -2.42. The molecule has 7 rings (SSSR count). The number of nitrogens with zero attached hydrogens (tertiary/aromatic N) is 4. The van der Waals surface area contributed by atoms with Crippen LogP contribution in [0.4, 0.5) is 5.82 Å². The normalized spacial score (nSPS) is 22.0. The fourth-order valence-corrected chi connectivity index (χ4v) is 6.79. The summed E-state index contributed by atoms with van der Waals surface area (Å²) in [6.07, 6.45) is 11.0. The predicted molar refractivity (Wildman–Crippen MR) is 173 cm³/mol. The molecule has 1 aliphatic heterocycles. The van der Waals surface area contributed by atoms with E-state index in [4.69, 9.17) is 31.0 Å². The van der Waals surface area contributed by atoms with Gasteiger partial charge < -0.3 is 14.8 Å². The maximum absolute atomic E-state index is 11.6. The average Bonchev–Trinajstić information content (AvgIpc) is 3.65. The summed E-state index contributed by atoms with van der Waals surface area (Å²) in [5.41, 5.74) is 5.62. The van der Waals surface area contributed by atoms with Crippen LogP contribution in [0.15, 0.2) is 83.6 Å². The van der Waals surface area contributed by atoms with Crippen molar-refractivity contribution in [1.82, 2.24) is 19.9 Å². The van der Waals surface area contributed by atoms with Crippen molar-refractivity contribution < 1.29 is 14.3 Å². The molecule has 5 aromatic rings. The van der Waals surface area contributed by atoms with Crippen LogP contribution < -0.4 is 5.32 Å². The fourth-order valence-electron chi connectivity index (χ4n) is 6.53. The summed E-state index contributed by atoms with van der Waals surface area (Å²) >= 11 is 6.57. The molecule has 0 spiro atoms. The Labute approximate surface area is 260 Å². The van der Waals surface area contributed by atoms with Gasteiger partial charge in [-0.1, -0.05) is 54.9 Å². The molecule has 2 unspecified atom stereocenters. The molecule has 8 nitrogen and oxygen atoms in total. The third kappa shape index (κ3) is 4.89. The molecule has 3 atom stereocenters. The molecule has 0 saturated carbocycles. The number of rotatable bonds is 7. The molecule has 1 saturated heterocycles. The number of carbonyl (C=O) groups excluding carboxylic acids is 1. The van der Waals surface area contributed by atoms with Crippen LogP contribution in [0.1, 0.15) is 46.3 Å². The zero-order valence-electron chi connectivity index (χ0n) is 24.5. The molecule has 222 valence electrons. The number of fused-ring (bicyclic) bond motifs is 2. The molecule has 2 N–H and O–H groups in total. The summed E-state index contributed by atoms with van der Waals surface area (Å²) in [7, 11) is 0. The van der Waals surface area contributed by atoms with Gasteiger partial charge in [0.25, 0.3) is 0 Å². The largest absolute Gasteiger partial charge is 0.436 e. The van der Waals surface area contributed by atoms with Crippen LogP contribution in [0.5, 0.6) is 0 Å². The van der Waals surface area contributed by atoms with Crippen molar-refractivity contribution in [2.45, 2.75) is 38.5 Å². The van der Waals surface area contributed by atoms with Gasteiger partial charge >= 0.3 is 0 Å². The van der Waals surface area contributed by atoms with Crippen molar-refractivity contribution in [3.8, 4) is 0 Å². The lowest BCUT2D eigenvalue weighted by Gasteiger charge is -2.39. The second kappa shape index (κ2) is 11.3. The number of allylic oxidation sites excluding steroid dienone is 2. The number of nitrogens with one attached hydrogen (secondary N) is 1. The molecular weight excluding hydrogens is 574 g/mol. The summed E-state index contributed by atoms with van der Waals surface area (Å²) in [5.74, 6) is 0.828. The fraction of sp³-hybridized carbons (Fsp3) is 0.257. The number of likely N-dealkylation sites (tertiary alicyclic amines) is 1. The maximum atomic E-state index is 11.6. The van der Waals surface area contributed by atoms with E-state index in [1.165, 1.54) is 0 Å². The Morgan fingerprint density at radius 2 is 2.02 bits per heavy atom. The molecule has 1 aliphatic carbocycles. The second-order valence-electron chi connectivity index (χ2n) is 11.7. The molecule has 0 bridgehead atoms. The Morgan fingerprint density at radius 3 is 2.82 bits per heavy atom. The number of aliphatic hydroxyl groups is 1. The summed E-state index contributed by atoms with van der Waals surface area (Å²) in [5, 5.41) is 15.1. The summed E-state index contributed by atoms with van der Waals surface area (Å²) in [6, 6.07) is 15.6. The number of hydrogen-bond acceptors (Lipinski definition) is 8. The number of benzene rings is 2. The second-order valence-corrected chi connectivity index (χ2v) is 12.1. The number of hydrogen-bond donors (Lipinski definition) is 2. The van der Waals surface area contributed by atoms with Crippen LogP contribution in [0.2, 0.25) is 5.02 Å². The van der Waals surface area contributed by atoms with Crippen molar-refractivity contribution in [3.63, 3.8) is 0 Å². The van der Waals surface area contributed by atoms with E-state index in [2.05, 4.69) is 48.3 Å². The van der Waals surface area contributed by atoms with Crippen molar-refractivity contribution in [2.75, 3.05) is 18.4 Å². The summed E-state index contributed by atoms with van der Waals surface area (Å²) in [6.45, 7) is 6.47. The van der Waals surface area contributed by atoms with Crippen LogP contribution in [0.3, 0.4) is 0 Å². The summed E-state index contributed by atoms with van der Waals surface area (Å²) in [4.78, 5) is 28.3. The van der Waals surface area contributed by atoms with Gasteiger partial charge in [0.1, 0.15) is 22.9 Å². The van der Waals surface area contributed by atoms with Crippen LogP contribution >= 0.6 is 11.6 Å². The third-order valence-corrected chi connectivity index (χ3v) is 9.19. The van der Waals surface area contributed by atoms with Crippen LogP contribution in [0.25, 0.3) is 27.6 Å². The van der Waals surface area contributed by atoms with E-state index < -0.39 is 5.54 Å². The van der Waals surface area contributed by atoms with Gasteiger partial charge in [-0.05, 0) is 65.9 Å². The van der Waals surface area contributed by atoms with E-state index in [1.807, 2.05) is 36.5 Å². The molecule has 2 aliphatic rings. The molecule has 1 fully saturated rings. The Balaban J connectivity index is 1.37. The highest BCUT2D eigenvalue weighted by atomic mass is 35.5. The Bertz CT molecular complexity index is 1970. The first-order valence-electron chi connectivity index (χ1n) is 14.8. The highest BCUT2D eigenvalue weighted by Crippen LogP contribution is 2.46. The van der Waals surface area contributed by atoms with Gasteiger partial charge in [0, 0.05) is 48.9 Å². The predicted octanol–water partition coefficient (Wildman–Crippen LogP) is 6.71. The van der Waals surface area contributed by atoms with Gasteiger partial charge in [-0.3, -0.25) is 14.7 Å². The first kappa shape index (κ1) is 28.4. The van der Waals surface area contributed by atoms with Crippen molar-refractivity contribution in [1.29, 1.82) is 0 Å². The number of halogens is 1. The van der Waals surface area contributed by atoms with Gasteiger partial charge in [0.15, 0.2) is 11.4 Å². The average molecular weight is 606 g/mol. The van der Waals surface area contributed by atoms with E-state index >= 15 is 0 Å². The van der Waals surface area contributed by atoms with Crippen molar-refractivity contribution in [2.24, 2.45) is 5.92 Å². The molecule has 3 aromatic heterocycles. The number of pyridine rings is 2.